The average Bonchev–Trinajstić information content (AvgIpc) is 2.95. The van der Waals surface area contributed by atoms with Gasteiger partial charge >= 0.3 is 5.97 Å². The maximum absolute atomic E-state index is 13.1. The van der Waals surface area contributed by atoms with Gasteiger partial charge in [0.15, 0.2) is 0 Å². The van der Waals surface area contributed by atoms with Gasteiger partial charge in [-0.15, -0.1) is 0 Å². The van der Waals surface area contributed by atoms with Crippen molar-refractivity contribution in [2.45, 2.75) is 58.1 Å². The molecule has 0 unspecified atom stereocenters. The van der Waals surface area contributed by atoms with Gasteiger partial charge in [0.2, 0.25) is 5.60 Å². The Labute approximate surface area is 231 Å². The van der Waals surface area contributed by atoms with E-state index in [1.54, 1.807) is 25.4 Å². The number of fused-ring (bicyclic) bond motifs is 1. The molecule has 0 spiro atoms. The zero-order valence-electron chi connectivity index (χ0n) is 23.2. The highest BCUT2D eigenvalue weighted by molar-refractivity contribution is 6.03. The van der Waals surface area contributed by atoms with Gasteiger partial charge < -0.3 is 19.4 Å². The third-order valence-electron chi connectivity index (χ3n) is 7.60. The summed E-state index contributed by atoms with van der Waals surface area (Å²) in [4.78, 5) is 41.0. The second kappa shape index (κ2) is 11.1. The number of aliphatic carboxylic acids is 1. The largest absolute Gasteiger partial charge is 0.478 e. The molecule has 11 nitrogen and oxygen atoms in total. The van der Waals surface area contributed by atoms with Crippen LogP contribution in [0.5, 0.6) is 0 Å². The molecule has 3 heterocycles. The minimum Gasteiger partial charge on any atom is -0.478 e. The number of aromatic nitrogens is 3. The Kier molecular flexibility index (Phi) is 7.87. The van der Waals surface area contributed by atoms with E-state index in [9.17, 15) is 25.2 Å². The van der Waals surface area contributed by atoms with Gasteiger partial charge in [0, 0.05) is 43.5 Å². The normalized spacial score (nSPS) is 17.6. The lowest BCUT2D eigenvalue weighted by Gasteiger charge is -2.37. The molecule has 0 aromatic carbocycles. The minimum absolute atomic E-state index is 0.0141. The number of hydrogen-bond acceptors (Lipinski definition) is 9. The summed E-state index contributed by atoms with van der Waals surface area (Å²) in [6, 6.07) is 11.0. The number of hydrogen-bond donors (Lipinski definition) is 1. The molecule has 1 aliphatic rings. The lowest BCUT2D eigenvalue weighted by Crippen LogP contribution is -2.39. The number of nitrogens with zero attached hydrogens (tertiary/aromatic N) is 7. The first kappa shape index (κ1) is 28.2. The van der Waals surface area contributed by atoms with Crippen LogP contribution in [0, 0.1) is 35.5 Å². The van der Waals surface area contributed by atoms with E-state index in [0.717, 1.165) is 11.3 Å². The Morgan fingerprint density at radius 3 is 2.50 bits per heavy atom. The summed E-state index contributed by atoms with van der Waals surface area (Å²) in [6.07, 6.45) is 4.53. The molecule has 1 aliphatic carbocycles. The number of carboxylic acid groups (broad SMARTS) is 1. The van der Waals surface area contributed by atoms with Crippen molar-refractivity contribution in [3.05, 3.63) is 63.3 Å². The number of aryl methyl sites for hydroxylation is 2. The molecule has 0 amide bonds. The van der Waals surface area contributed by atoms with Gasteiger partial charge in [-0.2, -0.15) is 10.5 Å². The van der Waals surface area contributed by atoms with Crippen LogP contribution in [-0.2, 0) is 16.7 Å². The topological polar surface area (TPSA) is 157 Å². The lowest BCUT2D eigenvalue weighted by molar-refractivity contribution is -0.161. The molecule has 206 valence electrons. The number of carboxylic acids is 1. The minimum atomic E-state index is -1.50. The summed E-state index contributed by atoms with van der Waals surface area (Å²) in [5.74, 6) is -1.14. The molecule has 1 fully saturated rings. The summed E-state index contributed by atoms with van der Waals surface area (Å²) in [7, 11) is 3.43. The van der Waals surface area contributed by atoms with E-state index in [1.807, 2.05) is 37.1 Å². The van der Waals surface area contributed by atoms with Crippen LogP contribution in [-0.4, -0.2) is 50.0 Å². The van der Waals surface area contributed by atoms with Crippen molar-refractivity contribution in [2.24, 2.45) is 18.1 Å². The second-order valence-corrected chi connectivity index (χ2v) is 10.5. The van der Waals surface area contributed by atoms with Crippen LogP contribution in [0.2, 0.25) is 0 Å². The zero-order chi connectivity index (χ0) is 29.2. The first-order chi connectivity index (χ1) is 19.0. The van der Waals surface area contributed by atoms with Gasteiger partial charge in [-0.1, -0.05) is 5.16 Å². The highest BCUT2D eigenvalue weighted by Crippen LogP contribution is 2.35. The molecule has 11 heteroatoms. The number of anilines is 1. The van der Waals surface area contributed by atoms with Gasteiger partial charge in [-0.05, 0) is 70.7 Å². The molecule has 0 radical (unpaired) electrons. The maximum Gasteiger partial charge on any atom is 0.350 e. The molecule has 0 aliphatic heterocycles. The van der Waals surface area contributed by atoms with Gasteiger partial charge in [-0.25, -0.2) is 9.78 Å². The SMILES string of the molecule is Cc1ncccc1/C(=N\OC(C)(C)C(=O)O)C1CCC(N(C)c2c(C#N)c(=O)n(C)c3ccc(C#N)nc23)CC1. The molecule has 0 bridgehead atoms. The van der Waals surface area contributed by atoms with Crippen molar-refractivity contribution < 1.29 is 14.7 Å². The lowest BCUT2D eigenvalue weighted by atomic mass is 9.80. The fraction of sp³-hybridized carbons (Fsp3) is 0.414. The van der Waals surface area contributed by atoms with E-state index in [1.165, 1.54) is 18.4 Å². The zero-order valence-corrected chi connectivity index (χ0v) is 23.2. The average molecular weight is 542 g/mol. The van der Waals surface area contributed by atoms with E-state index < -0.39 is 17.1 Å². The van der Waals surface area contributed by atoms with Crippen molar-refractivity contribution in [1.29, 1.82) is 10.5 Å². The molecule has 3 aromatic heterocycles. The Balaban J connectivity index is 1.67. The summed E-state index contributed by atoms with van der Waals surface area (Å²) in [6.45, 7) is 4.77. The fourth-order valence-electron chi connectivity index (χ4n) is 5.12. The standard InChI is InChI=1S/C29H31N7O4/c1-17-21(7-6-14-32-17)24(34-40-29(2,3)28(38)39)18-8-11-20(12-9-18)35(4)26-22(16-31)27(37)36(5)23-13-10-19(15-30)33-25(23)26/h6-7,10,13-14,18,20H,8-9,11-12H2,1-5H3,(H,38,39)/b34-24-. The quantitative estimate of drug-likeness (QED) is 0.348. The van der Waals surface area contributed by atoms with E-state index >= 15 is 0 Å². The third kappa shape index (κ3) is 5.23. The maximum atomic E-state index is 13.1. The van der Waals surface area contributed by atoms with E-state index in [4.69, 9.17) is 4.84 Å². The van der Waals surface area contributed by atoms with Crippen LogP contribution in [0.15, 0.2) is 40.4 Å². The Hall–Kier alpha value is -4.77. The fourth-order valence-corrected chi connectivity index (χ4v) is 5.12. The number of rotatable bonds is 7. The number of oxime groups is 1. The summed E-state index contributed by atoms with van der Waals surface area (Å²) in [5.41, 5.74) is 1.88. The van der Waals surface area contributed by atoms with Crippen LogP contribution in [0.25, 0.3) is 11.0 Å². The van der Waals surface area contributed by atoms with Gasteiger partial charge in [-0.3, -0.25) is 9.78 Å². The van der Waals surface area contributed by atoms with Crippen LogP contribution < -0.4 is 10.5 Å². The smallest absolute Gasteiger partial charge is 0.350 e. The molecule has 1 saturated carbocycles. The number of nitriles is 2. The first-order valence-corrected chi connectivity index (χ1v) is 13.0. The first-order valence-electron chi connectivity index (χ1n) is 13.0. The Morgan fingerprint density at radius 1 is 1.20 bits per heavy atom. The molecule has 0 saturated heterocycles. The Morgan fingerprint density at radius 2 is 1.90 bits per heavy atom. The molecule has 1 N–H and O–H groups in total. The molecular weight excluding hydrogens is 510 g/mol. The second-order valence-electron chi connectivity index (χ2n) is 10.5. The van der Waals surface area contributed by atoms with Crippen LogP contribution in [0.3, 0.4) is 0 Å². The molecule has 0 atom stereocenters. The van der Waals surface area contributed by atoms with Gasteiger partial charge in [0.05, 0.1) is 16.9 Å². The van der Waals surface area contributed by atoms with E-state index in [0.29, 0.717) is 48.1 Å². The third-order valence-corrected chi connectivity index (χ3v) is 7.60. The van der Waals surface area contributed by atoms with Crippen molar-refractivity contribution in [2.75, 3.05) is 11.9 Å². The van der Waals surface area contributed by atoms with Crippen LogP contribution in [0.4, 0.5) is 5.69 Å². The highest BCUT2D eigenvalue weighted by Gasteiger charge is 2.34. The summed E-state index contributed by atoms with van der Waals surface area (Å²) < 4.78 is 1.38. The van der Waals surface area contributed by atoms with Crippen molar-refractivity contribution in [3.63, 3.8) is 0 Å². The summed E-state index contributed by atoms with van der Waals surface area (Å²) in [5, 5.41) is 33.2. The molecule has 3 aromatic rings. The predicted octanol–water partition coefficient (Wildman–Crippen LogP) is 3.66. The van der Waals surface area contributed by atoms with Gasteiger partial charge in [0.1, 0.15) is 28.9 Å². The Bertz CT molecular complexity index is 1640. The van der Waals surface area contributed by atoms with Crippen molar-refractivity contribution in [3.8, 4) is 12.1 Å². The predicted molar refractivity (Wildman–Crippen MR) is 149 cm³/mol. The molecular formula is C29H31N7O4. The van der Waals surface area contributed by atoms with Crippen molar-refractivity contribution in [1.82, 2.24) is 14.5 Å². The van der Waals surface area contributed by atoms with E-state index in [-0.39, 0.29) is 23.2 Å². The number of carbonyl (C=O) groups is 1. The molecule has 40 heavy (non-hydrogen) atoms. The van der Waals surface area contributed by atoms with E-state index in [2.05, 4.69) is 21.2 Å². The summed E-state index contributed by atoms with van der Waals surface area (Å²) >= 11 is 0. The van der Waals surface area contributed by atoms with Crippen molar-refractivity contribution >= 4 is 28.4 Å². The van der Waals surface area contributed by atoms with Crippen LogP contribution in [0.1, 0.15) is 62.0 Å². The van der Waals surface area contributed by atoms with Gasteiger partial charge in [0.25, 0.3) is 5.56 Å². The number of pyridine rings is 3. The monoisotopic (exact) mass is 541 g/mol. The van der Waals surface area contributed by atoms with Crippen LogP contribution >= 0.6 is 0 Å². The highest BCUT2D eigenvalue weighted by atomic mass is 16.7. The molecule has 4 rings (SSSR count).